The van der Waals surface area contributed by atoms with Gasteiger partial charge in [0.2, 0.25) is 0 Å². The fourth-order valence-corrected chi connectivity index (χ4v) is 3.82. The van der Waals surface area contributed by atoms with Crippen molar-refractivity contribution in [2.75, 3.05) is 13.7 Å². The average molecular weight is 414 g/mol. The van der Waals surface area contributed by atoms with Gasteiger partial charge in [-0.1, -0.05) is 49.2 Å². The number of halogens is 1. The first-order chi connectivity index (χ1) is 13.9. The van der Waals surface area contributed by atoms with E-state index in [0.717, 1.165) is 24.0 Å². The van der Waals surface area contributed by atoms with Gasteiger partial charge >= 0.3 is 0 Å². The normalized spacial score (nSPS) is 18.3. The first-order valence-electron chi connectivity index (χ1n) is 9.58. The Hall–Kier alpha value is -2.79. The van der Waals surface area contributed by atoms with Crippen molar-refractivity contribution in [3.63, 3.8) is 0 Å². The van der Waals surface area contributed by atoms with Gasteiger partial charge in [0, 0.05) is 12.1 Å². The number of Topliss-reactive ketones (excluding diaryl/α,β-unsaturated/α-hetero) is 1. The highest BCUT2D eigenvalue weighted by molar-refractivity contribution is 6.47. The summed E-state index contributed by atoms with van der Waals surface area (Å²) in [5.74, 6) is -1.11. The molecule has 152 valence electrons. The van der Waals surface area contributed by atoms with Crippen LogP contribution >= 0.6 is 11.6 Å². The van der Waals surface area contributed by atoms with Gasteiger partial charge in [0.25, 0.3) is 11.7 Å². The van der Waals surface area contributed by atoms with Gasteiger partial charge in [-0.15, -0.1) is 0 Å². The van der Waals surface area contributed by atoms with E-state index in [1.807, 2.05) is 38.1 Å². The molecule has 1 N–H and O–H groups in total. The molecule has 1 fully saturated rings. The molecule has 29 heavy (non-hydrogen) atoms. The van der Waals surface area contributed by atoms with Crippen LogP contribution in [0.1, 0.15) is 42.5 Å². The third-order valence-corrected chi connectivity index (χ3v) is 5.53. The van der Waals surface area contributed by atoms with Crippen molar-refractivity contribution in [2.45, 2.75) is 32.7 Å². The van der Waals surface area contributed by atoms with Crippen LogP contribution in [0.5, 0.6) is 5.75 Å². The van der Waals surface area contributed by atoms with Crippen LogP contribution in [-0.2, 0) is 9.59 Å². The van der Waals surface area contributed by atoms with Gasteiger partial charge in [-0.2, -0.15) is 0 Å². The lowest BCUT2D eigenvalue weighted by atomic mass is 9.92. The zero-order chi connectivity index (χ0) is 21.1. The summed E-state index contributed by atoms with van der Waals surface area (Å²) in [4.78, 5) is 27.4. The number of aliphatic hydroxyl groups is 1. The number of ketones is 1. The maximum Gasteiger partial charge on any atom is 0.295 e. The van der Waals surface area contributed by atoms with Crippen LogP contribution in [0.4, 0.5) is 0 Å². The molecule has 1 aliphatic rings. The van der Waals surface area contributed by atoms with Crippen LogP contribution in [0.3, 0.4) is 0 Å². The summed E-state index contributed by atoms with van der Waals surface area (Å²) in [6.45, 7) is 4.38. The second-order valence-electron chi connectivity index (χ2n) is 7.05. The predicted molar refractivity (Wildman–Crippen MR) is 113 cm³/mol. The van der Waals surface area contributed by atoms with E-state index < -0.39 is 17.7 Å². The Kier molecular flexibility index (Phi) is 6.28. The number of methoxy groups -OCH3 is 1. The summed E-state index contributed by atoms with van der Waals surface area (Å²) < 4.78 is 5.22. The van der Waals surface area contributed by atoms with Crippen LogP contribution in [0.15, 0.2) is 48.0 Å². The highest BCUT2D eigenvalue weighted by atomic mass is 35.5. The number of rotatable bonds is 6. The summed E-state index contributed by atoms with van der Waals surface area (Å²) in [6, 6.07) is 11.7. The van der Waals surface area contributed by atoms with E-state index >= 15 is 0 Å². The second kappa shape index (κ2) is 8.70. The number of nitrogens with zero attached hydrogens (tertiary/aromatic N) is 1. The van der Waals surface area contributed by atoms with Gasteiger partial charge in [-0.3, -0.25) is 9.59 Å². The van der Waals surface area contributed by atoms with Crippen LogP contribution in [0.25, 0.3) is 5.76 Å². The Morgan fingerprint density at radius 1 is 1.21 bits per heavy atom. The zero-order valence-corrected chi connectivity index (χ0v) is 17.5. The molecule has 1 heterocycles. The number of likely N-dealkylation sites (tertiary alicyclic amines) is 1. The van der Waals surface area contributed by atoms with Crippen molar-refractivity contribution in [3.05, 3.63) is 69.8 Å². The zero-order valence-electron chi connectivity index (χ0n) is 16.7. The van der Waals surface area contributed by atoms with E-state index in [0.29, 0.717) is 12.3 Å². The lowest BCUT2D eigenvalue weighted by Crippen LogP contribution is -2.30. The molecule has 6 heteroatoms. The summed E-state index contributed by atoms with van der Waals surface area (Å²) in [6.07, 6.45) is 1.64. The molecular formula is C23H24ClNO4. The number of amides is 1. The van der Waals surface area contributed by atoms with Gasteiger partial charge < -0.3 is 14.7 Å². The summed E-state index contributed by atoms with van der Waals surface area (Å²) in [7, 11) is 1.50. The molecular weight excluding hydrogens is 390 g/mol. The Balaban J connectivity index is 2.24. The maximum atomic E-state index is 13.0. The number of benzene rings is 2. The number of carbonyl (C=O) groups is 2. The van der Waals surface area contributed by atoms with E-state index in [1.54, 1.807) is 23.1 Å². The van der Waals surface area contributed by atoms with Crippen LogP contribution in [0.2, 0.25) is 5.02 Å². The maximum absolute atomic E-state index is 13.0. The molecule has 0 aliphatic carbocycles. The highest BCUT2D eigenvalue weighted by Gasteiger charge is 2.46. The number of carbonyl (C=O) groups excluding carboxylic acids is 2. The van der Waals surface area contributed by atoms with Crippen molar-refractivity contribution < 1.29 is 19.4 Å². The smallest absolute Gasteiger partial charge is 0.295 e. The van der Waals surface area contributed by atoms with Crippen LogP contribution in [-0.4, -0.2) is 35.4 Å². The van der Waals surface area contributed by atoms with Crippen LogP contribution in [0, 0.1) is 6.92 Å². The minimum absolute atomic E-state index is 0.0514. The average Bonchev–Trinajstić information content (AvgIpc) is 2.97. The number of aliphatic hydroxyl groups excluding tert-OH is 1. The van der Waals surface area contributed by atoms with Gasteiger partial charge in [-0.05, 0) is 42.7 Å². The van der Waals surface area contributed by atoms with Crippen molar-refractivity contribution in [3.8, 4) is 5.75 Å². The molecule has 0 saturated carbocycles. The van der Waals surface area contributed by atoms with Crippen molar-refractivity contribution >= 4 is 29.1 Å². The Morgan fingerprint density at radius 3 is 2.59 bits per heavy atom. The topological polar surface area (TPSA) is 66.8 Å². The lowest BCUT2D eigenvalue weighted by Gasteiger charge is -2.26. The highest BCUT2D eigenvalue weighted by Crippen LogP contribution is 2.42. The third-order valence-electron chi connectivity index (χ3n) is 5.20. The van der Waals surface area contributed by atoms with Gasteiger partial charge in [-0.25, -0.2) is 0 Å². The first kappa shape index (κ1) is 20.9. The number of hydrogen-bond acceptors (Lipinski definition) is 4. The molecule has 2 aromatic rings. The van der Waals surface area contributed by atoms with Crippen molar-refractivity contribution in [1.82, 2.24) is 4.90 Å². The van der Waals surface area contributed by atoms with E-state index in [9.17, 15) is 14.7 Å². The summed E-state index contributed by atoms with van der Waals surface area (Å²) in [5.41, 5.74) is 2.06. The lowest BCUT2D eigenvalue weighted by molar-refractivity contribution is -0.139. The van der Waals surface area contributed by atoms with Crippen molar-refractivity contribution in [1.29, 1.82) is 0 Å². The fourth-order valence-electron chi connectivity index (χ4n) is 3.61. The molecule has 1 saturated heterocycles. The molecule has 0 aromatic heterocycles. The molecule has 5 nitrogen and oxygen atoms in total. The molecule has 0 spiro atoms. The number of aryl methyl sites for hydroxylation is 1. The van der Waals surface area contributed by atoms with E-state index in [4.69, 9.17) is 16.3 Å². The molecule has 0 bridgehead atoms. The minimum atomic E-state index is -0.703. The molecule has 1 aliphatic heterocycles. The third kappa shape index (κ3) is 3.87. The number of hydrogen-bond donors (Lipinski definition) is 1. The number of ether oxygens (including phenoxy) is 1. The van der Waals surface area contributed by atoms with Crippen LogP contribution < -0.4 is 4.74 Å². The van der Waals surface area contributed by atoms with E-state index in [2.05, 4.69) is 0 Å². The van der Waals surface area contributed by atoms with Gasteiger partial charge in [0.15, 0.2) is 0 Å². The van der Waals surface area contributed by atoms with Crippen molar-refractivity contribution in [2.24, 2.45) is 0 Å². The molecule has 1 amide bonds. The molecule has 0 radical (unpaired) electrons. The Morgan fingerprint density at radius 2 is 1.93 bits per heavy atom. The fraction of sp³-hybridized carbons (Fsp3) is 0.304. The molecule has 3 rings (SSSR count). The molecule has 1 atom stereocenters. The second-order valence-corrected chi connectivity index (χ2v) is 7.46. The SMILES string of the molecule is CCCCN1C(=O)C(=O)/C(=C(/O)c2cc(OC)ccc2Cl)C1c1ccccc1C. The number of unbranched alkanes of at least 4 members (excludes halogenated alkanes) is 1. The minimum Gasteiger partial charge on any atom is -0.507 e. The van der Waals surface area contributed by atoms with Gasteiger partial charge in [0.05, 0.1) is 23.7 Å². The van der Waals surface area contributed by atoms with E-state index in [1.165, 1.54) is 7.11 Å². The summed E-state index contributed by atoms with van der Waals surface area (Å²) >= 11 is 6.30. The largest absolute Gasteiger partial charge is 0.507 e. The molecule has 1 unspecified atom stereocenters. The van der Waals surface area contributed by atoms with Gasteiger partial charge in [0.1, 0.15) is 11.5 Å². The quantitative estimate of drug-likeness (QED) is 0.416. The summed E-state index contributed by atoms with van der Waals surface area (Å²) in [5, 5.41) is 11.4. The predicted octanol–water partition coefficient (Wildman–Crippen LogP) is 4.88. The molecule has 2 aromatic carbocycles. The first-order valence-corrected chi connectivity index (χ1v) is 9.96. The Bertz CT molecular complexity index is 983. The standard InChI is InChI=1S/C23H24ClNO4/c1-4-5-12-25-20(16-9-7-6-8-14(16)2)19(22(27)23(25)28)21(26)17-13-15(29-3)10-11-18(17)24/h6-11,13,20,26H,4-5,12H2,1-3H3/b21-19+. The monoisotopic (exact) mass is 413 g/mol. The Labute approximate surface area is 175 Å². The van der Waals surface area contributed by atoms with E-state index in [-0.39, 0.29) is 21.9 Å².